The molecule has 94 valence electrons. The molecule has 2 heterocycles. The van der Waals surface area contributed by atoms with Gasteiger partial charge in [0.2, 0.25) is 0 Å². The summed E-state index contributed by atoms with van der Waals surface area (Å²) in [5.41, 5.74) is -0.643. The SMILES string of the molecule is Cc1c[15n]([C@@H]2C[C@H](O)[C@H](CO)O2)[13c](=O)[15nH]c1=O. The van der Waals surface area contributed by atoms with Crippen LogP contribution in [-0.4, -0.2) is 38.6 Å². The van der Waals surface area contributed by atoms with Crippen molar-refractivity contribution < 1.29 is 14.9 Å². The number of nitrogens with zero attached hydrogens (tertiary/aromatic N) is 1. The molecule has 3 atom stereocenters. The number of rotatable bonds is 2. The minimum atomic E-state index is -0.816. The van der Waals surface area contributed by atoms with Gasteiger partial charge in [0.05, 0.1) is 12.7 Å². The Morgan fingerprint density at radius 2 is 2.29 bits per heavy atom. The van der Waals surface area contributed by atoms with Crippen molar-refractivity contribution >= 4 is 0 Å². The molecule has 3 N–H and O–H groups in total. The Morgan fingerprint density at radius 1 is 1.59 bits per heavy atom. The summed E-state index contributed by atoms with van der Waals surface area (Å²) in [6, 6.07) is 0. The first-order valence-corrected chi connectivity index (χ1v) is 5.29. The lowest BCUT2D eigenvalue weighted by Crippen LogP contribution is -2.33. The summed E-state index contributed by atoms with van der Waals surface area (Å²) in [5, 5.41) is 18.5. The van der Waals surface area contributed by atoms with E-state index in [4.69, 9.17) is 9.84 Å². The summed E-state index contributed by atoms with van der Waals surface area (Å²) < 4.78 is 6.54. The van der Waals surface area contributed by atoms with Crippen molar-refractivity contribution in [1.29, 1.82) is 0 Å². The molecule has 0 amide bonds. The van der Waals surface area contributed by atoms with Gasteiger partial charge >= 0.3 is 5.69 Å². The van der Waals surface area contributed by atoms with Crippen LogP contribution in [0.4, 0.5) is 0 Å². The van der Waals surface area contributed by atoms with Crippen LogP contribution in [0.5, 0.6) is 0 Å². The Kier molecular flexibility index (Phi) is 3.14. The van der Waals surface area contributed by atoms with Gasteiger partial charge in [-0.1, -0.05) is 0 Å². The second-order valence-corrected chi connectivity index (χ2v) is 4.09. The van der Waals surface area contributed by atoms with Gasteiger partial charge in [0.25, 0.3) is 5.56 Å². The number of nitrogens with one attached hydrogen (secondary N) is 1. The number of aliphatic hydroxyl groups excluding tert-OH is 2. The Labute approximate surface area is 96.3 Å². The van der Waals surface area contributed by atoms with Crippen molar-refractivity contribution in [2.24, 2.45) is 0 Å². The van der Waals surface area contributed by atoms with E-state index in [2.05, 4.69) is 4.98 Å². The molecule has 0 unspecified atom stereocenters. The molecule has 0 aliphatic carbocycles. The highest BCUT2D eigenvalue weighted by Gasteiger charge is 2.34. The van der Waals surface area contributed by atoms with E-state index in [0.29, 0.717) is 5.56 Å². The molecule has 0 bridgehead atoms. The molecule has 0 radical (unpaired) electrons. The number of hydrogen-bond donors (Lipinski definition) is 3. The van der Waals surface area contributed by atoms with Crippen LogP contribution in [0.15, 0.2) is 15.8 Å². The third-order valence-electron chi connectivity index (χ3n) is 2.84. The van der Waals surface area contributed by atoms with Crippen LogP contribution in [0.1, 0.15) is 18.2 Å². The Morgan fingerprint density at radius 3 is 2.88 bits per heavy atom. The van der Waals surface area contributed by atoms with E-state index in [-0.39, 0.29) is 13.0 Å². The first-order chi connectivity index (χ1) is 8.02. The van der Waals surface area contributed by atoms with Crippen LogP contribution in [0.25, 0.3) is 0 Å². The smallest absolute Gasteiger partial charge is 0.330 e. The van der Waals surface area contributed by atoms with Gasteiger partial charge in [-0.2, -0.15) is 0 Å². The van der Waals surface area contributed by atoms with E-state index in [1.807, 2.05) is 0 Å². The predicted molar refractivity (Wildman–Crippen MR) is 57.7 cm³/mol. The standard InChI is InChI=1S/C10H14N2O5/c1-5-3-12(10(16)11-9(5)15)8-2-6(14)7(4-13)17-8/h3,6-8,13-14H,2,4H2,1H3,(H,11,15,16)/t6-,7-,8-/m0/s1/i10+1,11+1,12+1. The number of aromatic nitrogens is 2. The monoisotopic (exact) mass is 245 g/mol. The van der Waals surface area contributed by atoms with Gasteiger partial charge in [0.1, 0.15) is 12.3 Å². The van der Waals surface area contributed by atoms with Crippen molar-refractivity contribution in [2.45, 2.75) is 31.8 Å². The summed E-state index contributed by atoms with van der Waals surface area (Å²) in [7, 11) is 0. The van der Waals surface area contributed by atoms with Gasteiger partial charge < -0.3 is 14.9 Å². The number of H-pyrrole nitrogens is 1. The van der Waals surface area contributed by atoms with Gasteiger partial charge in [0, 0.05) is 18.2 Å². The van der Waals surface area contributed by atoms with E-state index in [1.165, 1.54) is 10.8 Å². The molecule has 7 nitrogen and oxygen atoms in total. The van der Waals surface area contributed by atoms with Crippen molar-refractivity contribution in [3.63, 3.8) is 0 Å². The Bertz CT molecular complexity index is 520. The quantitative estimate of drug-likeness (QED) is 0.587. The number of ether oxygens (including phenoxy) is 1. The minimum Gasteiger partial charge on any atom is -0.394 e. The number of aryl methyl sites for hydroxylation is 1. The summed E-state index contributed by atoms with van der Waals surface area (Å²) in [4.78, 5) is 24.9. The van der Waals surface area contributed by atoms with Crippen molar-refractivity contribution in [3.05, 3.63) is 32.6 Å². The molecule has 0 aromatic carbocycles. The van der Waals surface area contributed by atoms with Crippen LogP contribution in [0, 0.1) is 6.92 Å². The highest BCUT2D eigenvalue weighted by atomic mass is 16.6. The van der Waals surface area contributed by atoms with Crippen LogP contribution >= 0.6 is 0 Å². The van der Waals surface area contributed by atoms with Gasteiger partial charge in [-0.25, -0.2) is 4.79 Å². The molecule has 1 aliphatic rings. The maximum absolute atomic E-state index is 11.6. The topological polar surface area (TPSA) is 105 Å². The molecule has 7 heteroatoms. The van der Waals surface area contributed by atoms with E-state index < -0.39 is 29.7 Å². The molecule has 1 fully saturated rings. The van der Waals surface area contributed by atoms with Gasteiger partial charge in [-0.3, -0.25) is 14.3 Å². The number of aliphatic hydroxyl groups is 2. The first kappa shape index (κ1) is 12.0. The zero-order valence-corrected chi connectivity index (χ0v) is 9.29. The van der Waals surface area contributed by atoms with Crippen molar-refractivity contribution in [2.75, 3.05) is 6.61 Å². The highest BCUT2D eigenvalue weighted by Crippen LogP contribution is 2.27. The maximum Gasteiger partial charge on any atom is 0.330 e. The van der Waals surface area contributed by atoms with Crippen molar-refractivity contribution in [3.8, 4) is 0 Å². The van der Waals surface area contributed by atoms with E-state index in [0.717, 1.165) is 0 Å². The number of aromatic amines is 1. The van der Waals surface area contributed by atoms with E-state index in [9.17, 15) is 14.7 Å². The molecular weight excluding hydrogens is 231 g/mol. The fraction of sp³-hybridized carbons (Fsp3) is 0.600. The third kappa shape index (κ3) is 2.17. The zero-order chi connectivity index (χ0) is 12.6. The lowest BCUT2D eigenvalue weighted by Gasteiger charge is -2.14. The van der Waals surface area contributed by atoms with Crippen LogP contribution in [0.2, 0.25) is 0 Å². The van der Waals surface area contributed by atoms with Crippen LogP contribution in [-0.2, 0) is 4.74 Å². The summed E-state index contributed by atoms with van der Waals surface area (Å²) in [6.07, 6.45) is -0.581. The summed E-state index contributed by atoms with van der Waals surface area (Å²) in [6.45, 7) is 1.26. The lowest BCUT2D eigenvalue weighted by atomic mass is 10.2. The average molecular weight is 245 g/mol. The maximum atomic E-state index is 11.6. The molecule has 1 aliphatic heterocycles. The summed E-state index contributed by atoms with van der Waals surface area (Å²) >= 11 is 0. The molecule has 17 heavy (non-hydrogen) atoms. The average Bonchev–Trinajstić information content (AvgIpc) is 2.65. The van der Waals surface area contributed by atoms with Crippen LogP contribution < -0.4 is 11.2 Å². The molecule has 2 rings (SSSR count). The first-order valence-electron chi connectivity index (χ1n) is 5.29. The second-order valence-electron chi connectivity index (χ2n) is 4.09. The summed E-state index contributed by atoms with van der Waals surface area (Å²) in [5.74, 6) is 0. The fourth-order valence-corrected chi connectivity index (χ4v) is 1.85. The van der Waals surface area contributed by atoms with Gasteiger partial charge in [-0.05, 0) is 6.92 Å². The van der Waals surface area contributed by atoms with E-state index >= 15 is 0 Å². The van der Waals surface area contributed by atoms with Crippen LogP contribution in [0.3, 0.4) is 0 Å². The van der Waals surface area contributed by atoms with Gasteiger partial charge in [-0.15, -0.1) is 0 Å². The lowest BCUT2D eigenvalue weighted by molar-refractivity contribution is -0.0459. The molecule has 1 aromatic heterocycles. The minimum absolute atomic E-state index is 0.205. The van der Waals surface area contributed by atoms with E-state index in [1.54, 1.807) is 6.92 Å². The molecule has 1 saturated heterocycles. The molecule has 0 saturated carbocycles. The molecule has 0 spiro atoms. The Balaban J connectivity index is 2.34. The zero-order valence-electron chi connectivity index (χ0n) is 9.29. The van der Waals surface area contributed by atoms with Crippen molar-refractivity contribution in [1.82, 2.24) is 9.55 Å². The highest BCUT2D eigenvalue weighted by molar-refractivity contribution is 5.02. The number of hydrogen-bond acceptors (Lipinski definition) is 5. The predicted octanol–water partition coefficient (Wildman–Crippen LogP) is -1.51. The Hall–Kier alpha value is -1.44. The van der Waals surface area contributed by atoms with Gasteiger partial charge in [0.15, 0.2) is 0 Å². The third-order valence-corrected chi connectivity index (χ3v) is 2.84. The fourth-order valence-electron chi connectivity index (χ4n) is 1.85. The molecule has 1 aromatic rings. The normalized spacial score (nSPS) is 28.5. The molecular formula is C10H14N2O5. The largest absolute Gasteiger partial charge is 0.394 e. The second kappa shape index (κ2) is 4.44.